The number of benzene rings is 1. The Labute approximate surface area is 172 Å². The van der Waals surface area contributed by atoms with E-state index in [-0.39, 0.29) is 23.5 Å². The molecule has 2 saturated heterocycles. The molecule has 160 valence electrons. The molecule has 0 aromatic heterocycles. The van der Waals surface area contributed by atoms with Gasteiger partial charge in [-0.2, -0.15) is 4.31 Å². The van der Waals surface area contributed by atoms with Gasteiger partial charge in [0.25, 0.3) is 0 Å². The van der Waals surface area contributed by atoms with Crippen LogP contribution >= 0.6 is 0 Å². The zero-order chi connectivity index (χ0) is 20.9. The van der Waals surface area contributed by atoms with Crippen LogP contribution in [0.25, 0.3) is 0 Å². The highest BCUT2D eigenvalue weighted by Crippen LogP contribution is 2.19. The molecule has 0 radical (unpaired) electrons. The standard InChI is InChI=1S/C20H29N3O5S/c1-16(24)22-8-6-17(7-9-22)20(25)21-14-18-4-2-3-5-19(18)15-29(26,27)23-10-12-28-13-11-23/h2-5,17H,6-15H2,1H3,(H,21,25). The van der Waals surface area contributed by atoms with Gasteiger partial charge in [0.05, 0.1) is 19.0 Å². The van der Waals surface area contributed by atoms with Gasteiger partial charge in [-0.1, -0.05) is 24.3 Å². The average molecular weight is 424 g/mol. The van der Waals surface area contributed by atoms with Gasteiger partial charge >= 0.3 is 0 Å². The minimum Gasteiger partial charge on any atom is -0.379 e. The van der Waals surface area contributed by atoms with E-state index in [1.54, 1.807) is 17.9 Å². The molecule has 8 nitrogen and oxygen atoms in total. The van der Waals surface area contributed by atoms with Crippen LogP contribution in [0.15, 0.2) is 24.3 Å². The van der Waals surface area contributed by atoms with Crippen LogP contribution in [-0.4, -0.2) is 68.8 Å². The van der Waals surface area contributed by atoms with Crippen LogP contribution in [0, 0.1) is 5.92 Å². The highest BCUT2D eigenvalue weighted by atomic mass is 32.2. The van der Waals surface area contributed by atoms with Crippen molar-refractivity contribution in [2.24, 2.45) is 5.92 Å². The predicted molar refractivity (Wildman–Crippen MR) is 108 cm³/mol. The number of amides is 2. The first kappa shape index (κ1) is 21.7. The molecule has 2 aliphatic heterocycles. The summed E-state index contributed by atoms with van der Waals surface area (Å²) >= 11 is 0. The second-order valence-electron chi connectivity index (χ2n) is 7.53. The van der Waals surface area contributed by atoms with Crippen LogP contribution < -0.4 is 5.32 Å². The molecule has 2 heterocycles. The number of nitrogens with zero attached hydrogens (tertiary/aromatic N) is 2. The molecule has 1 N–H and O–H groups in total. The van der Waals surface area contributed by atoms with Gasteiger partial charge in [0.2, 0.25) is 21.8 Å². The normalized spacial score (nSPS) is 19.1. The summed E-state index contributed by atoms with van der Waals surface area (Å²) in [7, 11) is -3.43. The fraction of sp³-hybridized carbons (Fsp3) is 0.600. The van der Waals surface area contributed by atoms with E-state index in [2.05, 4.69) is 5.32 Å². The van der Waals surface area contributed by atoms with Crippen molar-refractivity contribution in [3.05, 3.63) is 35.4 Å². The van der Waals surface area contributed by atoms with Crippen LogP contribution in [0.3, 0.4) is 0 Å². The molecule has 0 bridgehead atoms. The summed E-state index contributed by atoms with van der Waals surface area (Å²) in [5.41, 5.74) is 1.50. The fourth-order valence-electron chi connectivity index (χ4n) is 3.77. The maximum Gasteiger partial charge on any atom is 0.223 e. The smallest absolute Gasteiger partial charge is 0.223 e. The number of ether oxygens (including phenoxy) is 1. The molecule has 9 heteroatoms. The zero-order valence-corrected chi connectivity index (χ0v) is 17.6. The molecular formula is C20H29N3O5S. The van der Waals surface area contributed by atoms with Crippen molar-refractivity contribution in [1.82, 2.24) is 14.5 Å². The fourth-order valence-corrected chi connectivity index (χ4v) is 5.33. The molecule has 0 saturated carbocycles. The van der Waals surface area contributed by atoms with Crippen molar-refractivity contribution in [1.29, 1.82) is 0 Å². The van der Waals surface area contributed by atoms with Crippen LogP contribution in [0.1, 0.15) is 30.9 Å². The molecule has 1 aromatic carbocycles. The largest absolute Gasteiger partial charge is 0.379 e. The van der Waals surface area contributed by atoms with E-state index >= 15 is 0 Å². The Bertz CT molecular complexity index is 828. The molecule has 2 aliphatic rings. The third-order valence-electron chi connectivity index (χ3n) is 5.58. The van der Waals surface area contributed by atoms with Crippen molar-refractivity contribution in [2.75, 3.05) is 39.4 Å². The monoisotopic (exact) mass is 423 g/mol. The van der Waals surface area contributed by atoms with Crippen LogP contribution in [0.4, 0.5) is 0 Å². The number of carbonyl (C=O) groups is 2. The lowest BCUT2D eigenvalue weighted by molar-refractivity contribution is -0.134. The molecular weight excluding hydrogens is 394 g/mol. The lowest BCUT2D eigenvalue weighted by Gasteiger charge is -2.30. The van der Waals surface area contributed by atoms with E-state index in [1.165, 1.54) is 4.31 Å². The van der Waals surface area contributed by atoms with E-state index in [0.717, 1.165) is 5.56 Å². The lowest BCUT2D eigenvalue weighted by atomic mass is 9.95. The molecule has 0 spiro atoms. The Kier molecular flexibility index (Phi) is 7.26. The van der Waals surface area contributed by atoms with Crippen LogP contribution in [0.5, 0.6) is 0 Å². The van der Waals surface area contributed by atoms with Gasteiger partial charge in [-0.05, 0) is 24.0 Å². The Hall–Kier alpha value is -1.97. The highest BCUT2D eigenvalue weighted by Gasteiger charge is 2.27. The summed E-state index contributed by atoms with van der Waals surface area (Å²) in [6.07, 6.45) is 1.30. The molecule has 29 heavy (non-hydrogen) atoms. The van der Waals surface area contributed by atoms with Crippen LogP contribution in [0.2, 0.25) is 0 Å². The number of carbonyl (C=O) groups excluding carboxylic acids is 2. The molecule has 2 amide bonds. The number of sulfonamides is 1. The minimum atomic E-state index is -3.43. The topological polar surface area (TPSA) is 96.0 Å². The van der Waals surface area contributed by atoms with Gasteiger partial charge in [-0.15, -0.1) is 0 Å². The minimum absolute atomic E-state index is 0.0410. The summed E-state index contributed by atoms with van der Waals surface area (Å²) < 4.78 is 32.2. The van der Waals surface area contributed by atoms with Crippen LogP contribution in [-0.2, 0) is 36.6 Å². The van der Waals surface area contributed by atoms with Gasteiger partial charge in [0.1, 0.15) is 0 Å². The molecule has 0 aliphatic carbocycles. The first-order valence-electron chi connectivity index (χ1n) is 10.0. The zero-order valence-electron chi connectivity index (χ0n) is 16.8. The molecule has 0 atom stereocenters. The summed E-state index contributed by atoms with van der Waals surface area (Å²) in [5.74, 6) is -0.205. The number of piperidine rings is 1. The second kappa shape index (κ2) is 9.69. The van der Waals surface area contributed by atoms with Gasteiger partial charge in [0.15, 0.2) is 0 Å². The summed E-state index contributed by atoms with van der Waals surface area (Å²) in [6, 6.07) is 7.30. The number of rotatable bonds is 6. The predicted octanol–water partition coefficient (Wildman–Crippen LogP) is 0.723. The van der Waals surface area contributed by atoms with Crippen molar-refractivity contribution in [3.8, 4) is 0 Å². The maximum atomic E-state index is 12.7. The number of morpholine rings is 1. The van der Waals surface area contributed by atoms with Gasteiger partial charge in [-0.3, -0.25) is 9.59 Å². The third-order valence-corrected chi connectivity index (χ3v) is 7.41. The summed E-state index contributed by atoms with van der Waals surface area (Å²) in [6.45, 7) is 4.62. The quantitative estimate of drug-likeness (QED) is 0.728. The second-order valence-corrected chi connectivity index (χ2v) is 9.50. The number of hydrogen-bond donors (Lipinski definition) is 1. The van der Waals surface area contributed by atoms with Crippen molar-refractivity contribution in [3.63, 3.8) is 0 Å². The highest BCUT2D eigenvalue weighted by molar-refractivity contribution is 7.88. The van der Waals surface area contributed by atoms with Crippen molar-refractivity contribution in [2.45, 2.75) is 32.1 Å². The van der Waals surface area contributed by atoms with Gasteiger partial charge < -0.3 is 15.0 Å². The maximum absolute atomic E-state index is 12.7. The number of hydrogen-bond acceptors (Lipinski definition) is 5. The Balaban J connectivity index is 1.58. The first-order valence-corrected chi connectivity index (χ1v) is 11.6. The van der Waals surface area contributed by atoms with Gasteiger partial charge in [0, 0.05) is 45.6 Å². The molecule has 1 aromatic rings. The van der Waals surface area contributed by atoms with E-state index in [4.69, 9.17) is 4.74 Å². The molecule has 0 unspecified atom stereocenters. The number of likely N-dealkylation sites (tertiary alicyclic amines) is 1. The summed E-state index contributed by atoms with van der Waals surface area (Å²) in [5, 5.41) is 2.95. The van der Waals surface area contributed by atoms with E-state index < -0.39 is 10.0 Å². The van der Waals surface area contributed by atoms with E-state index in [0.29, 0.717) is 64.3 Å². The summed E-state index contributed by atoms with van der Waals surface area (Å²) in [4.78, 5) is 25.7. The Morgan fingerprint density at radius 3 is 2.31 bits per heavy atom. The first-order chi connectivity index (χ1) is 13.9. The van der Waals surface area contributed by atoms with Gasteiger partial charge in [-0.25, -0.2) is 8.42 Å². The Morgan fingerprint density at radius 1 is 1.07 bits per heavy atom. The van der Waals surface area contributed by atoms with Crippen molar-refractivity contribution >= 4 is 21.8 Å². The average Bonchev–Trinajstić information content (AvgIpc) is 2.73. The third kappa shape index (κ3) is 5.77. The number of nitrogens with one attached hydrogen (secondary N) is 1. The SMILES string of the molecule is CC(=O)N1CCC(C(=O)NCc2ccccc2CS(=O)(=O)N2CCOCC2)CC1. The van der Waals surface area contributed by atoms with Crippen molar-refractivity contribution < 1.29 is 22.7 Å². The van der Waals surface area contributed by atoms with E-state index in [1.807, 2.05) is 18.2 Å². The Morgan fingerprint density at radius 2 is 1.69 bits per heavy atom. The van der Waals surface area contributed by atoms with E-state index in [9.17, 15) is 18.0 Å². The molecule has 2 fully saturated rings. The molecule has 3 rings (SSSR count). The lowest BCUT2D eigenvalue weighted by Crippen LogP contribution is -2.42.